The van der Waals surface area contributed by atoms with Crippen LogP contribution in [0.15, 0.2) is 12.2 Å². The van der Waals surface area contributed by atoms with Crippen molar-refractivity contribution in [3.63, 3.8) is 0 Å². The van der Waals surface area contributed by atoms with Gasteiger partial charge in [-0.15, -0.1) is 0 Å². The van der Waals surface area contributed by atoms with E-state index in [-0.39, 0.29) is 11.8 Å². The van der Waals surface area contributed by atoms with Crippen LogP contribution in [0.5, 0.6) is 0 Å². The molecular weight excluding hydrogens is 178 g/mol. The summed E-state index contributed by atoms with van der Waals surface area (Å²) in [4.78, 5) is 13.0. The van der Waals surface area contributed by atoms with Crippen LogP contribution in [-0.2, 0) is 4.79 Å². The average molecular weight is 193 g/mol. The van der Waals surface area contributed by atoms with Crippen LogP contribution >= 0.6 is 0 Å². The molecule has 76 valence electrons. The van der Waals surface area contributed by atoms with E-state index in [4.69, 9.17) is 11.0 Å². The Morgan fingerprint density at radius 3 is 2.57 bits per heavy atom. The van der Waals surface area contributed by atoms with Crippen LogP contribution in [0.25, 0.3) is 0 Å². The lowest BCUT2D eigenvalue weighted by molar-refractivity contribution is -0.123. The Labute approximate surface area is 84.0 Å². The summed E-state index contributed by atoms with van der Waals surface area (Å²) in [5, 5.41) is 8.56. The molecule has 0 bridgehead atoms. The lowest BCUT2D eigenvalue weighted by Crippen LogP contribution is -2.39. The zero-order valence-corrected chi connectivity index (χ0v) is 8.20. The molecule has 0 radical (unpaired) electrons. The topological polar surface area (TPSA) is 70.1 Å². The van der Waals surface area contributed by atoms with Gasteiger partial charge in [0.1, 0.15) is 0 Å². The van der Waals surface area contributed by atoms with Gasteiger partial charge in [-0.1, -0.05) is 6.58 Å². The maximum atomic E-state index is 10.9. The Bertz CT molecular complexity index is 272. The molecule has 1 aliphatic heterocycles. The number of primary amides is 1. The van der Waals surface area contributed by atoms with Crippen LogP contribution in [0.1, 0.15) is 12.8 Å². The van der Waals surface area contributed by atoms with E-state index in [1.807, 2.05) is 6.07 Å². The maximum Gasteiger partial charge on any atom is 0.220 e. The maximum absolute atomic E-state index is 10.9. The van der Waals surface area contributed by atoms with Crippen LogP contribution in [0.4, 0.5) is 0 Å². The normalized spacial score (nSPS) is 18.8. The molecule has 1 saturated heterocycles. The lowest BCUT2D eigenvalue weighted by Gasteiger charge is -2.29. The van der Waals surface area contributed by atoms with Crippen molar-refractivity contribution in [2.24, 2.45) is 11.7 Å². The number of carbonyl (C=O) groups is 1. The largest absolute Gasteiger partial charge is 0.369 e. The third-order valence-electron chi connectivity index (χ3n) is 2.56. The van der Waals surface area contributed by atoms with Crippen LogP contribution in [-0.4, -0.2) is 30.4 Å². The molecule has 1 heterocycles. The number of carbonyl (C=O) groups excluding carboxylic acids is 1. The third-order valence-corrected chi connectivity index (χ3v) is 2.56. The third kappa shape index (κ3) is 2.86. The van der Waals surface area contributed by atoms with Gasteiger partial charge >= 0.3 is 0 Å². The summed E-state index contributed by atoms with van der Waals surface area (Å²) >= 11 is 0. The second-order valence-corrected chi connectivity index (χ2v) is 3.67. The molecule has 0 saturated carbocycles. The standard InChI is InChI=1S/C10H15N3O/c1-8(6-11)7-13-4-2-9(3-5-13)10(12)14/h9H,1-5,7H2,(H2,12,14). The number of hydrogen-bond acceptors (Lipinski definition) is 3. The Morgan fingerprint density at radius 2 is 2.14 bits per heavy atom. The summed E-state index contributed by atoms with van der Waals surface area (Å²) in [6.45, 7) is 5.90. The fraction of sp³-hybridized carbons (Fsp3) is 0.600. The molecule has 14 heavy (non-hydrogen) atoms. The molecule has 1 aliphatic rings. The number of nitrogens with zero attached hydrogens (tertiary/aromatic N) is 2. The minimum absolute atomic E-state index is 0.0154. The van der Waals surface area contributed by atoms with Gasteiger partial charge in [0.2, 0.25) is 5.91 Å². The Balaban J connectivity index is 2.33. The van der Waals surface area contributed by atoms with E-state index in [9.17, 15) is 4.79 Å². The van der Waals surface area contributed by atoms with Gasteiger partial charge in [-0.2, -0.15) is 5.26 Å². The summed E-state index contributed by atoms with van der Waals surface area (Å²) in [5.74, 6) is -0.189. The molecule has 0 unspecified atom stereocenters. The first-order valence-corrected chi connectivity index (χ1v) is 4.73. The van der Waals surface area contributed by atoms with Gasteiger partial charge in [-0.05, 0) is 25.9 Å². The molecule has 0 aliphatic carbocycles. The SMILES string of the molecule is C=C(C#N)CN1CCC(C(N)=O)CC1. The first-order chi connectivity index (χ1) is 6.63. The number of likely N-dealkylation sites (tertiary alicyclic amines) is 1. The highest BCUT2D eigenvalue weighted by Gasteiger charge is 2.22. The van der Waals surface area contributed by atoms with Crippen molar-refractivity contribution in [1.82, 2.24) is 4.90 Å². The molecule has 1 amide bonds. The number of hydrogen-bond donors (Lipinski definition) is 1. The quantitative estimate of drug-likeness (QED) is 0.654. The summed E-state index contributed by atoms with van der Waals surface area (Å²) < 4.78 is 0. The molecule has 1 rings (SSSR count). The zero-order chi connectivity index (χ0) is 10.6. The second-order valence-electron chi connectivity index (χ2n) is 3.67. The molecule has 4 heteroatoms. The molecule has 0 aromatic rings. The van der Waals surface area contributed by atoms with Crippen molar-refractivity contribution < 1.29 is 4.79 Å². The molecular formula is C10H15N3O. The van der Waals surface area contributed by atoms with Gasteiger partial charge in [-0.25, -0.2) is 0 Å². The second kappa shape index (κ2) is 4.77. The summed E-state index contributed by atoms with van der Waals surface area (Å²) in [6.07, 6.45) is 1.60. The van der Waals surface area contributed by atoms with Crippen molar-refractivity contribution in [2.75, 3.05) is 19.6 Å². The van der Waals surface area contributed by atoms with Gasteiger partial charge in [0, 0.05) is 18.0 Å². The van der Waals surface area contributed by atoms with Gasteiger partial charge in [-0.3, -0.25) is 9.69 Å². The summed E-state index contributed by atoms with van der Waals surface area (Å²) in [7, 11) is 0. The van der Waals surface area contributed by atoms with Crippen LogP contribution < -0.4 is 5.73 Å². The molecule has 0 aromatic heterocycles. The summed E-state index contributed by atoms with van der Waals surface area (Å²) in [6, 6.07) is 2.02. The predicted octanol–water partition coefficient (Wildman–Crippen LogP) is 0.263. The van der Waals surface area contributed by atoms with Gasteiger partial charge in [0.15, 0.2) is 0 Å². The number of amides is 1. The van der Waals surface area contributed by atoms with Gasteiger partial charge in [0.05, 0.1) is 6.07 Å². The van der Waals surface area contributed by atoms with Crippen molar-refractivity contribution in [3.8, 4) is 6.07 Å². The van der Waals surface area contributed by atoms with E-state index in [1.54, 1.807) is 0 Å². The molecule has 1 fully saturated rings. The highest BCUT2D eigenvalue weighted by molar-refractivity contribution is 5.76. The molecule has 0 spiro atoms. The monoisotopic (exact) mass is 193 g/mol. The van der Waals surface area contributed by atoms with Gasteiger partial charge < -0.3 is 5.73 Å². The fourth-order valence-electron chi connectivity index (χ4n) is 1.68. The van der Waals surface area contributed by atoms with Gasteiger partial charge in [0.25, 0.3) is 0 Å². The number of piperidine rings is 1. The van der Waals surface area contributed by atoms with E-state index < -0.39 is 0 Å². The van der Waals surface area contributed by atoms with E-state index >= 15 is 0 Å². The number of rotatable bonds is 3. The van der Waals surface area contributed by atoms with Crippen LogP contribution in [0.3, 0.4) is 0 Å². The average Bonchev–Trinajstić information content (AvgIpc) is 2.18. The van der Waals surface area contributed by atoms with E-state index in [0.717, 1.165) is 25.9 Å². The molecule has 0 aromatic carbocycles. The molecule has 0 atom stereocenters. The van der Waals surface area contributed by atoms with Crippen molar-refractivity contribution in [1.29, 1.82) is 5.26 Å². The Morgan fingerprint density at radius 1 is 1.57 bits per heavy atom. The zero-order valence-electron chi connectivity index (χ0n) is 8.20. The first kappa shape index (κ1) is 10.7. The Kier molecular flexibility index (Phi) is 3.66. The predicted molar refractivity (Wildman–Crippen MR) is 53.1 cm³/mol. The summed E-state index contributed by atoms with van der Waals surface area (Å²) in [5.41, 5.74) is 5.78. The lowest BCUT2D eigenvalue weighted by atomic mass is 9.96. The van der Waals surface area contributed by atoms with E-state index in [1.165, 1.54) is 0 Å². The Hall–Kier alpha value is -1.34. The minimum atomic E-state index is -0.205. The minimum Gasteiger partial charge on any atom is -0.369 e. The molecule has 4 nitrogen and oxygen atoms in total. The van der Waals surface area contributed by atoms with Crippen molar-refractivity contribution in [3.05, 3.63) is 12.2 Å². The fourth-order valence-corrected chi connectivity index (χ4v) is 1.68. The smallest absolute Gasteiger partial charge is 0.220 e. The highest BCUT2D eigenvalue weighted by atomic mass is 16.1. The highest BCUT2D eigenvalue weighted by Crippen LogP contribution is 2.16. The van der Waals surface area contributed by atoms with E-state index in [0.29, 0.717) is 12.1 Å². The van der Waals surface area contributed by atoms with Crippen molar-refractivity contribution >= 4 is 5.91 Å². The van der Waals surface area contributed by atoms with Crippen molar-refractivity contribution in [2.45, 2.75) is 12.8 Å². The number of nitrogens with two attached hydrogens (primary N) is 1. The first-order valence-electron chi connectivity index (χ1n) is 4.73. The van der Waals surface area contributed by atoms with Crippen LogP contribution in [0.2, 0.25) is 0 Å². The number of nitriles is 1. The van der Waals surface area contributed by atoms with Crippen LogP contribution in [0, 0.1) is 17.2 Å². The van der Waals surface area contributed by atoms with E-state index in [2.05, 4.69) is 11.5 Å². The molecule has 2 N–H and O–H groups in total.